The molecule has 0 spiro atoms. The number of pyridine rings is 2. The molecule has 3 aromatic rings. The zero-order valence-corrected chi connectivity index (χ0v) is 12.8. The molecule has 1 aliphatic rings. The van der Waals surface area contributed by atoms with E-state index in [2.05, 4.69) is 4.98 Å². The third-order valence-electron chi connectivity index (χ3n) is 4.29. The van der Waals surface area contributed by atoms with Crippen molar-refractivity contribution in [1.82, 2.24) is 9.55 Å². The smallest absolute Gasteiger partial charge is 0.258 e. The summed E-state index contributed by atoms with van der Waals surface area (Å²) in [7, 11) is 1.54. The molecule has 0 saturated carbocycles. The molecular formula is C18H14N2O3. The number of fused-ring (bicyclic) bond motifs is 5. The Morgan fingerprint density at radius 2 is 1.91 bits per heavy atom. The van der Waals surface area contributed by atoms with Gasteiger partial charge in [0.05, 0.1) is 35.8 Å². The fraction of sp³-hybridized carbons (Fsp3) is 0.167. The van der Waals surface area contributed by atoms with Crippen LogP contribution in [0.5, 0.6) is 5.75 Å². The average molecular weight is 306 g/mol. The van der Waals surface area contributed by atoms with Crippen LogP contribution < -0.4 is 10.3 Å². The molecule has 0 fully saturated rings. The highest BCUT2D eigenvalue weighted by atomic mass is 16.5. The van der Waals surface area contributed by atoms with Crippen molar-refractivity contribution in [2.45, 2.75) is 13.5 Å². The molecule has 0 radical (unpaired) electrons. The van der Waals surface area contributed by atoms with Crippen LogP contribution in [0.1, 0.15) is 22.8 Å². The molecule has 0 N–H and O–H groups in total. The third-order valence-corrected chi connectivity index (χ3v) is 4.29. The summed E-state index contributed by atoms with van der Waals surface area (Å²) in [6.07, 6.45) is 1.57. The quantitative estimate of drug-likeness (QED) is 0.571. The highest BCUT2D eigenvalue weighted by Gasteiger charge is 2.33. The zero-order valence-electron chi connectivity index (χ0n) is 12.8. The van der Waals surface area contributed by atoms with Crippen LogP contribution in [0.15, 0.2) is 41.3 Å². The van der Waals surface area contributed by atoms with Gasteiger partial charge in [0.1, 0.15) is 5.75 Å². The van der Waals surface area contributed by atoms with E-state index in [4.69, 9.17) is 4.74 Å². The van der Waals surface area contributed by atoms with Crippen molar-refractivity contribution >= 4 is 16.6 Å². The Balaban J connectivity index is 2.20. The summed E-state index contributed by atoms with van der Waals surface area (Å²) in [6.45, 7) is 2.37. The number of hydrogen-bond acceptors (Lipinski definition) is 4. The van der Waals surface area contributed by atoms with Gasteiger partial charge >= 0.3 is 0 Å². The maximum Gasteiger partial charge on any atom is 0.258 e. The number of carbonyl (C=O) groups excluding carboxylic acids is 1. The van der Waals surface area contributed by atoms with Gasteiger partial charge in [-0.25, -0.2) is 0 Å². The molecule has 5 heteroatoms. The monoisotopic (exact) mass is 306 g/mol. The summed E-state index contributed by atoms with van der Waals surface area (Å²) in [5.74, 6) is 0.416. The first-order valence-electron chi connectivity index (χ1n) is 7.42. The summed E-state index contributed by atoms with van der Waals surface area (Å²) >= 11 is 0. The van der Waals surface area contributed by atoms with Gasteiger partial charge < -0.3 is 9.30 Å². The Morgan fingerprint density at radius 3 is 2.61 bits per heavy atom. The van der Waals surface area contributed by atoms with Crippen LogP contribution in [0.3, 0.4) is 0 Å². The van der Waals surface area contributed by atoms with Crippen molar-refractivity contribution in [1.29, 1.82) is 0 Å². The van der Waals surface area contributed by atoms with Crippen molar-refractivity contribution in [3.63, 3.8) is 0 Å². The molecule has 0 bridgehead atoms. The van der Waals surface area contributed by atoms with E-state index in [0.29, 0.717) is 45.6 Å². The van der Waals surface area contributed by atoms with E-state index in [9.17, 15) is 9.59 Å². The van der Waals surface area contributed by atoms with Gasteiger partial charge in [0.25, 0.3) is 5.56 Å². The average Bonchev–Trinajstić information content (AvgIpc) is 2.88. The van der Waals surface area contributed by atoms with Gasteiger partial charge in [0.15, 0.2) is 5.78 Å². The molecule has 0 unspecified atom stereocenters. The molecule has 4 rings (SSSR count). The third kappa shape index (κ3) is 1.70. The van der Waals surface area contributed by atoms with Gasteiger partial charge in [-0.1, -0.05) is 18.2 Å². The number of ether oxygens (including phenoxy) is 1. The maximum absolute atomic E-state index is 12.9. The van der Waals surface area contributed by atoms with Crippen LogP contribution in [-0.2, 0) is 6.54 Å². The van der Waals surface area contributed by atoms with E-state index >= 15 is 0 Å². The van der Waals surface area contributed by atoms with Gasteiger partial charge in [-0.2, -0.15) is 0 Å². The Bertz CT molecular complexity index is 1030. The number of hydrogen-bond donors (Lipinski definition) is 0. The molecule has 2 aromatic heterocycles. The van der Waals surface area contributed by atoms with Crippen LogP contribution in [0.2, 0.25) is 0 Å². The van der Waals surface area contributed by atoms with E-state index < -0.39 is 0 Å². The van der Waals surface area contributed by atoms with Gasteiger partial charge in [-0.05, 0) is 19.1 Å². The number of carbonyl (C=O) groups is 1. The van der Waals surface area contributed by atoms with Gasteiger partial charge in [0, 0.05) is 17.3 Å². The van der Waals surface area contributed by atoms with E-state index in [0.717, 1.165) is 0 Å². The van der Waals surface area contributed by atoms with Gasteiger partial charge in [-0.3, -0.25) is 14.6 Å². The summed E-state index contributed by atoms with van der Waals surface area (Å²) < 4.78 is 6.80. The molecule has 0 aliphatic heterocycles. The minimum Gasteiger partial charge on any atom is -0.495 e. The van der Waals surface area contributed by atoms with Crippen molar-refractivity contribution in [2.24, 2.45) is 0 Å². The van der Waals surface area contributed by atoms with Crippen molar-refractivity contribution < 1.29 is 9.53 Å². The first kappa shape index (κ1) is 13.7. The lowest BCUT2D eigenvalue weighted by Crippen LogP contribution is -2.22. The minimum absolute atomic E-state index is 0.0971. The molecule has 0 amide bonds. The Labute approximate surface area is 132 Å². The second kappa shape index (κ2) is 4.78. The Kier molecular flexibility index (Phi) is 2.84. The lowest BCUT2D eigenvalue weighted by atomic mass is 10.0. The number of ketones is 1. The van der Waals surface area contributed by atoms with Crippen molar-refractivity contribution in [3.05, 3.63) is 58.0 Å². The molecule has 5 nitrogen and oxygen atoms in total. The topological polar surface area (TPSA) is 61.2 Å². The normalized spacial score (nSPS) is 12.3. The van der Waals surface area contributed by atoms with Gasteiger partial charge in [-0.15, -0.1) is 0 Å². The largest absolute Gasteiger partial charge is 0.495 e. The van der Waals surface area contributed by atoms with Crippen molar-refractivity contribution in [2.75, 3.05) is 7.11 Å². The molecular weight excluding hydrogens is 292 g/mol. The number of nitrogens with zero attached hydrogens (tertiary/aromatic N) is 2. The molecule has 114 valence electrons. The standard InChI is InChI=1S/C18H14N2O3/c1-3-20-16-14(11-6-4-5-7-12(11)18(20)22)17(21)13-8-10(23-2)9-19-15(13)16/h4-9H,3H2,1-2H3. The van der Waals surface area contributed by atoms with E-state index in [-0.39, 0.29) is 11.3 Å². The van der Waals surface area contributed by atoms with Crippen LogP contribution in [0.25, 0.3) is 22.2 Å². The summed E-state index contributed by atoms with van der Waals surface area (Å²) in [6, 6.07) is 8.90. The maximum atomic E-state index is 12.9. The predicted molar refractivity (Wildman–Crippen MR) is 87.1 cm³/mol. The van der Waals surface area contributed by atoms with Crippen molar-refractivity contribution in [3.8, 4) is 17.1 Å². The lowest BCUT2D eigenvalue weighted by molar-refractivity contribution is 0.104. The van der Waals surface area contributed by atoms with E-state index in [1.54, 1.807) is 22.9 Å². The molecule has 0 saturated heterocycles. The summed E-state index contributed by atoms with van der Waals surface area (Å²) in [5.41, 5.74) is 2.10. The Hall–Kier alpha value is -2.95. The van der Waals surface area contributed by atoms with Gasteiger partial charge in [0.2, 0.25) is 0 Å². The Morgan fingerprint density at radius 1 is 1.17 bits per heavy atom. The number of benzene rings is 1. The lowest BCUT2D eigenvalue weighted by Gasteiger charge is -2.12. The fourth-order valence-electron chi connectivity index (χ4n) is 3.23. The SMILES string of the molecule is CCn1c2c(c3ccccc3c1=O)C(=O)c1cc(OC)cnc1-2. The summed E-state index contributed by atoms with van der Waals surface area (Å²) in [4.78, 5) is 30.1. The molecule has 0 atom stereocenters. The number of methoxy groups -OCH3 is 1. The van der Waals surface area contributed by atoms with Crippen LogP contribution in [-0.4, -0.2) is 22.4 Å². The second-order valence-electron chi connectivity index (χ2n) is 5.42. The molecule has 1 aromatic carbocycles. The predicted octanol–water partition coefficient (Wildman–Crippen LogP) is 2.64. The highest BCUT2D eigenvalue weighted by Crippen LogP contribution is 2.39. The minimum atomic E-state index is -0.111. The van der Waals surface area contributed by atoms with Crippen LogP contribution >= 0.6 is 0 Å². The number of aromatic nitrogens is 2. The van der Waals surface area contributed by atoms with E-state index in [1.807, 2.05) is 25.1 Å². The second-order valence-corrected chi connectivity index (χ2v) is 5.42. The summed E-state index contributed by atoms with van der Waals surface area (Å²) in [5, 5.41) is 1.24. The molecule has 23 heavy (non-hydrogen) atoms. The van der Waals surface area contributed by atoms with Crippen LogP contribution in [0.4, 0.5) is 0 Å². The fourth-order valence-corrected chi connectivity index (χ4v) is 3.23. The molecule has 1 aliphatic carbocycles. The van der Waals surface area contributed by atoms with Crippen LogP contribution in [0, 0.1) is 0 Å². The first-order chi connectivity index (χ1) is 11.2. The molecule has 2 heterocycles. The first-order valence-corrected chi connectivity index (χ1v) is 7.42. The van der Waals surface area contributed by atoms with E-state index in [1.165, 1.54) is 7.11 Å². The number of rotatable bonds is 2. The highest BCUT2D eigenvalue weighted by molar-refractivity contribution is 6.26. The zero-order chi connectivity index (χ0) is 16.1.